The Bertz CT molecular complexity index is 3270. The van der Waals surface area contributed by atoms with Gasteiger partial charge < -0.3 is 0 Å². The number of rotatable bonds is 9. The summed E-state index contributed by atoms with van der Waals surface area (Å²) in [5.74, 6) is 0. The molecule has 10 rings (SSSR count). The summed E-state index contributed by atoms with van der Waals surface area (Å²) in [6, 6.07) is 77.7. The molecule has 3 nitrogen and oxygen atoms in total. The first-order chi connectivity index (χ1) is 29.4. The first-order valence-electron chi connectivity index (χ1n) is 20.1. The number of benzene rings is 10. The quantitative estimate of drug-likeness (QED) is 0.148. The molecule has 10 aromatic carbocycles. The van der Waals surface area contributed by atoms with E-state index in [0.717, 1.165) is 64.1 Å². The summed E-state index contributed by atoms with van der Waals surface area (Å²) >= 11 is 0. The van der Waals surface area contributed by atoms with E-state index < -0.39 is 21.8 Å². The normalized spacial score (nSPS) is 14.1. The van der Waals surface area contributed by atoms with Crippen molar-refractivity contribution in [2.75, 3.05) is 0 Å². The van der Waals surface area contributed by atoms with Gasteiger partial charge >= 0.3 is 293 Å². The average Bonchev–Trinajstić information content (AvgIpc) is 3.33. The minimum Gasteiger partial charge on any atom is -0.0616 e. The molecule has 0 amide bonds. The Balaban J connectivity index is 1.13. The number of hydrogen-bond acceptors (Lipinski definition) is 3. The molecule has 0 aromatic heterocycles. The van der Waals surface area contributed by atoms with Crippen molar-refractivity contribution in [3.05, 3.63) is 237 Å². The standard InChI is InChI=1S/C54H41O3P3/c55-58(45-20-3-1-4-21-45,51-28-26-40-14-7-9-17-43(40)38-51)47-30-34-49(35-31-47)60(57,54-25-13-19-42-16-11-12-24-53(42)54)50-36-32-48(33-37-50)59(56,46-22-5-2-6-23-46)52-29-27-41-15-8-10-18-44(41)39-52/h1-39,55,58H. The van der Waals surface area contributed by atoms with Crippen LogP contribution < -0.4 is 47.7 Å². The summed E-state index contributed by atoms with van der Waals surface area (Å²) in [5.41, 5.74) is 0. The van der Waals surface area contributed by atoms with Crippen LogP contribution in [0.3, 0.4) is 0 Å². The molecular weight excluding hydrogens is 790 g/mol. The first-order valence-corrected chi connectivity index (χ1v) is 25.5. The number of hydrogen-bond donors (Lipinski definition) is 1. The fourth-order valence-electron chi connectivity index (χ4n) is 8.75. The van der Waals surface area contributed by atoms with Crippen molar-refractivity contribution in [2.45, 2.75) is 0 Å². The Hall–Kier alpha value is -6.17. The average molecular weight is 831 g/mol. The van der Waals surface area contributed by atoms with Crippen molar-refractivity contribution in [3.63, 3.8) is 0 Å². The van der Waals surface area contributed by atoms with Crippen LogP contribution in [0.15, 0.2) is 237 Å². The van der Waals surface area contributed by atoms with Gasteiger partial charge in [0.2, 0.25) is 0 Å². The van der Waals surface area contributed by atoms with E-state index in [1.165, 1.54) is 0 Å². The molecule has 0 aliphatic carbocycles. The van der Waals surface area contributed by atoms with Crippen LogP contribution in [0.2, 0.25) is 0 Å². The Kier molecular flexibility index (Phi) is 9.80. The van der Waals surface area contributed by atoms with Gasteiger partial charge in [-0.25, -0.2) is 0 Å². The molecule has 1 N–H and O–H groups in total. The van der Waals surface area contributed by atoms with Crippen molar-refractivity contribution in [1.29, 1.82) is 0 Å². The van der Waals surface area contributed by atoms with Crippen molar-refractivity contribution in [3.8, 4) is 0 Å². The molecule has 6 heteroatoms. The summed E-state index contributed by atoms with van der Waals surface area (Å²) in [5, 5.41) is 12.9. The molecule has 0 spiro atoms. The van der Waals surface area contributed by atoms with E-state index in [4.69, 9.17) is 0 Å². The smallest absolute Gasteiger partial charge is 0.0616 e. The topological polar surface area (TPSA) is 54.4 Å². The molecule has 60 heavy (non-hydrogen) atoms. The van der Waals surface area contributed by atoms with Gasteiger partial charge in [0, 0.05) is 0 Å². The fraction of sp³-hybridized carbons (Fsp3) is 0. The van der Waals surface area contributed by atoms with Crippen molar-refractivity contribution < 1.29 is 14.0 Å². The van der Waals surface area contributed by atoms with E-state index >= 15 is 9.13 Å². The van der Waals surface area contributed by atoms with Gasteiger partial charge in [-0.3, -0.25) is 0 Å². The van der Waals surface area contributed by atoms with Gasteiger partial charge in [0.1, 0.15) is 0 Å². The van der Waals surface area contributed by atoms with Gasteiger partial charge in [-0.15, -0.1) is 0 Å². The van der Waals surface area contributed by atoms with Gasteiger partial charge in [0.25, 0.3) is 0 Å². The van der Waals surface area contributed by atoms with E-state index in [0.29, 0.717) is 15.9 Å². The zero-order valence-corrected chi connectivity index (χ0v) is 35.5. The van der Waals surface area contributed by atoms with Crippen LogP contribution in [0.1, 0.15) is 0 Å². The molecule has 0 saturated heterocycles. The monoisotopic (exact) mass is 830 g/mol. The van der Waals surface area contributed by atoms with E-state index in [9.17, 15) is 4.89 Å². The number of fused-ring (bicyclic) bond motifs is 3. The third kappa shape index (κ3) is 6.38. The van der Waals surface area contributed by atoms with Gasteiger partial charge in [0.05, 0.1) is 0 Å². The Morgan fingerprint density at radius 1 is 0.300 bits per heavy atom. The van der Waals surface area contributed by atoms with Crippen LogP contribution >= 0.6 is 21.8 Å². The molecule has 0 saturated carbocycles. The summed E-state index contributed by atoms with van der Waals surface area (Å²) < 4.78 is 32.1. The van der Waals surface area contributed by atoms with Crippen LogP contribution in [0.25, 0.3) is 32.3 Å². The molecule has 2 unspecified atom stereocenters. The molecule has 290 valence electrons. The molecule has 10 aromatic rings. The molecule has 0 bridgehead atoms. The van der Waals surface area contributed by atoms with E-state index in [1.807, 2.05) is 206 Å². The predicted molar refractivity (Wildman–Crippen MR) is 260 cm³/mol. The Morgan fingerprint density at radius 2 is 0.717 bits per heavy atom. The molecule has 0 fully saturated rings. The van der Waals surface area contributed by atoms with E-state index in [-0.39, 0.29) is 0 Å². The molecule has 2 atom stereocenters. The minimum atomic E-state index is -3.58. The zero-order chi connectivity index (χ0) is 40.7. The van der Waals surface area contributed by atoms with Crippen molar-refractivity contribution in [2.24, 2.45) is 0 Å². The Labute approximate surface area is 350 Å². The van der Waals surface area contributed by atoms with E-state index in [1.54, 1.807) is 0 Å². The predicted octanol–water partition coefficient (Wildman–Crippen LogP) is 9.36. The molecule has 0 heterocycles. The third-order valence-electron chi connectivity index (χ3n) is 11.9. The second kappa shape index (κ2) is 15.5. The molecule has 0 aliphatic rings. The fourth-order valence-corrected chi connectivity index (χ4v) is 17.3. The van der Waals surface area contributed by atoms with Gasteiger partial charge in [-0.2, -0.15) is 0 Å². The summed E-state index contributed by atoms with van der Waals surface area (Å²) in [6.07, 6.45) is 0. The van der Waals surface area contributed by atoms with Crippen LogP contribution in [-0.4, -0.2) is 4.89 Å². The third-order valence-corrected chi connectivity index (χ3v) is 21.6. The summed E-state index contributed by atoms with van der Waals surface area (Å²) in [7, 11) is -10.4. The maximum atomic E-state index is 16.4. The molecule has 0 aliphatic heterocycles. The van der Waals surface area contributed by atoms with Crippen LogP contribution in [-0.2, 0) is 9.13 Å². The minimum absolute atomic E-state index is 0.638. The van der Waals surface area contributed by atoms with Gasteiger partial charge in [0.15, 0.2) is 0 Å². The second-order valence-electron chi connectivity index (χ2n) is 15.3. The van der Waals surface area contributed by atoms with Crippen LogP contribution in [0.4, 0.5) is 0 Å². The van der Waals surface area contributed by atoms with Crippen LogP contribution in [0, 0.1) is 0 Å². The summed E-state index contributed by atoms with van der Waals surface area (Å²) in [4.78, 5) is 13.1. The SMILES string of the molecule is O=P(c1ccccc1)(c1ccc(P(=O)(c2ccc([PH](O)(c3ccccc3)c3ccc4ccccc4c3)cc2)c2cccc3ccccc23)cc1)c1ccc2ccccc2c1. The van der Waals surface area contributed by atoms with Gasteiger partial charge in [-0.1, -0.05) is 48.5 Å². The zero-order valence-electron chi connectivity index (χ0n) is 32.7. The van der Waals surface area contributed by atoms with Gasteiger partial charge in [-0.05, 0) is 10.8 Å². The van der Waals surface area contributed by atoms with Crippen LogP contribution in [0.5, 0.6) is 0 Å². The summed E-state index contributed by atoms with van der Waals surface area (Å²) in [6.45, 7) is 0. The van der Waals surface area contributed by atoms with E-state index in [2.05, 4.69) is 30.3 Å². The van der Waals surface area contributed by atoms with Crippen molar-refractivity contribution in [1.82, 2.24) is 0 Å². The molecule has 0 radical (unpaired) electrons. The Morgan fingerprint density at radius 3 is 1.37 bits per heavy atom. The maximum absolute atomic E-state index is 16.4. The van der Waals surface area contributed by atoms with Crippen molar-refractivity contribution >= 4 is 102 Å². The molecular formula is C54H41O3P3. The first kappa shape index (κ1) is 38.1. The second-order valence-corrected chi connectivity index (χ2v) is 23.9.